The number of rotatable bonds is 4. The van der Waals surface area contributed by atoms with Crippen LogP contribution in [0.25, 0.3) is 0 Å². The number of furan rings is 1. The Kier molecular flexibility index (Phi) is 3.83. The number of carboxylic acid groups (broad SMARTS) is 1. The van der Waals surface area contributed by atoms with Gasteiger partial charge in [0.15, 0.2) is 0 Å². The first-order chi connectivity index (χ1) is 10.2. The molecule has 0 spiro atoms. The number of hydrogen-bond donors (Lipinski definition) is 1. The highest BCUT2D eigenvalue weighted by Gasteiger charge is 2.22. The summed E-state index contributed by atoms with van der Waals surface area (Å²) in [5.74, 6) is 0.295. The van der Waals surface area contributed by atoms with Crippen molar-refractivity contribution >= 4 is 11.9 Å². The SMILES string of the molecule is O=C(O)c1ccoc1CN1CCN(c2ncccn2)CC1. The van der Waals surface area contributed by atoms with Crippen molar-refractivity contribution in [1.29, 1.82) is 0 Å². The first-order valence-electron chi connectivity index (χ1n) is 6.78. The van der Waals surface area contributed by atoms with Crippen LogP contribution in [0.3, 0.4) is 0 Å². The molecular weight excluding hydrogens is 272 g/mol. The van der Waals surface area contributed by atoms with Gasteiger partial charge in [0.1, 0.15) is 11.3 Å². The number of carboxylic acids is 1. The first kappa shape index (κ1) is 13.6. The van der Waals surface area contributed by atoms with E-state index in [2.05, 4.69) is 19.8 Å². The van der Waals surface area contributed by atoms with Crippen molar-refractivity contribution in [3.05, 3.63) is 42.1 Å². The summed E-state index contributed by atoms with van der Waals surface area (Å²) in [5, 5.41) is 9.07. The Morgan fingerprint density at radius 3 is 2.62 bits per heavy atom. The van der Waals surface area contributed by atoms with Crippen molar-refractivity contribution in [2.24, 2.45) is 0 Å². The molecule has 21 heavy (non-hydrogen) atoms. The third-order valence-electron chi connectivity index (χ3n) is 3.55. The lowest BCUT2D eigenvalue weighted by Crippen LogP contribution is -2.46. The van der Waals surface area contributed by atoms with Gasteiger partial charge < -0.3 is 14.4 Å². The van der Waals surface area contributed by atoms with Crippen LogP contribution in [0.5, 0.6) is 0 Å². The zero-order valence-electron chi connectivity index (χ0n) is 11.5. The molecule has 0 unspecified atom stereocenters. The summed E-state index contributed by atoms with van der Waals surface area (Å²) in [6.45, 7) is 3.77. The average molecular weight is 288 g/mol. The fourth-order valence-electron chi connectivity index (χ4n) is 2.42. The van der Waals surface area contributed by atoms with E-state index in [0.717, 1.165) is 32.1 Å². The summed E-state index contributed by atoms with van der Waals surface area (Å²) in [7, 11) is 0. The van der Waals surface area contributed by atoms with E-state index in [1.807, 2.05) is 0 Å². The highest BCUT2D eigenvalue weighted by Crippen LogP contribution is 2.16. The molecule has 2 aromatic heterocycles. The van der Waals surface area contributed by atoms with Crippen molar-refractivity contribution in [3.8, 4) is 0 Å². The third-order valence-corrected chi connectivity index (χ3v) is 3.55. The molecule has 0 amide bonds. The second-order valence-electron chi connectivity index (χ2n) is 4.87. The fourth-order valence-corrected chi connectivity index (χ4v) is 2.42. The standard InChI is InChI=1S/C14H16N4O3/c19-13(20)11-2-9-21-12(11)10-17-5-7-18(8-6-17)14-15-3-1-4-16-14/h1-4,9H,5-8,10H2,(H,19,20). The molecule has 0 aliphatic carbocycles. The molecular formula is C14H16N4O3. The summed E-state index contributed by atoms with van der Waals surface area (Å²) in [6, 6.07) is 3.29. The maximum atomic E-state index is 11.1. The lowest BCUT2D eigenvalue weighted by molar-refractivity contribution is 0.0692. The number of anilines is 1. The van der Waals surface area contributed by atoms with Crippen molar-refractivity contribution in [3.63, 3.8) is 0 Å². The molecule has 1 saturated heterocycles. The highest BCUT2D eigenvalue weighted by atomic mass is 16.4. The lowest BCUT2D eigenvalue weighted by atomic mass is 10.2. The van der Waals surface area contributed by atoms with Gasteiger partial charge in [-0.1, -0.05) is 0 Å². The maximum Gasteiger partial charge on any atom is 0.339 e. The van der Waals surface area contributed by atoms with Crippen LogP contribution in [-0.2, 0) is 6.54 Å². The molecule has 3 rings (SSSR count). The maximum absolute atomic E-state index is 11.1. The van der Waals surface area contributed by atoms with Gasteiger partial charge in [-0.15, -0.1) is 0 Å². The van der Waals surface area contributed by atoms with Gasteiger partial charge in [0.2, 0.25) is 5.95 Å². The molecule has 0 aromatic carbocycles. The largest absolute Gasteiger partial charge is 0.478 e. The highest BCUT2D eigenvalue weighted by molar-refractivity contribution is 5.88. The van der Waals surface area contributed by atoms with E-state index in [9.17, 15) is 4.79 Å². The number of carbonyl (C=O) groups is 1. The summed E-state index contributed by atoms with van der Waals surface area (Å²) in [6.07, 6.45) is 4.89. The van der Waals surface area contributed by atoms with Crippen LogP contribution >= 0.6 is 0 Å². The molecule has 0 bridgehead atoms. The van der Waals surface area contributed by atoms with Gasteiger partial charge in [0.25, 0.3) is 0 Å². The smallest absolute Gasteiger partial charge is 0.339 e. The summed E-state index contributed by atoms with van der Waals surface area (Å²) in [5.41, 5.74) is 0.240. The van der Waals surface area contributed by atoms with Gasteiger partial charge in [-0.3, -0.25) is 4.90 Å². The van der Waals surface area contributed by atoms with Gasteiger partial charge >= 0.3 is 5.97 Å². The van der Waals surface area contributed by atoms with Crippen LogP contribution in [0.4, 0.5) is 5.95 Å². The predicted octanol–water partition coefficient (Wildman–Crippen LogP) is 1.09. The van der Waals surface area contributed by atoms with Crippen LogP contribution in [0.15, 0.2) is 35.2 Å². The number of nitrogens with zero attached hydrogens (tertiary/aromatic N) is 4. The minimum absolute atomic E-state index is 0.240. The second-order valence-corrected chi connectivity index (χ2v) is 4.87. The van der Waals surface area contributed by atoms with Crippen LogP contribution < -0.4 is 4.90 Å². The van der Waals surface area contributed by atoms with Gasteiger partial charge in [-0.05, 0) is 12.1 Å². The minimum atomic E-state index is -0.949. The molecule has 0 radical (unpaired) electrons. The Bertz CT molecular complexity index is 606. The molecule has 0 saturated carbocycles. The van der Waals surface area contributed by atoms with Crippen molar-refractivity contribution < 1.29 is 14.3 Å². The van der Waals surface area contributed by atoms with Crippen LogP contribution in [0.2, 0.25) is 0 Å². The minimum Gasteiger partial charge on any atom is -0.478 e. The van der Waals surface area contributed by atoms with E-state index in [0.29, 0.717) is 12.3 Å². The Morgan fingerprint density at radius 2 is 1.95 bits per heavy atom. The summed E-state index contributed by atoms with van der Waals surface area (Å²) >= 11 is 0. The van der Waals surface area contributed by atoms with Crippen LogP contribution in [0, 0.1) is 0 Å². The molecule has 2 aromatic rings. The molecule has 7 heteroatoms. The second kappa shape index (κ2) is 5.92. The number of hydrogen-bond acceptors (Lipinski definition) is 6. The van der Waals surface area contributed by atoms with Crippen molar-refractivity contribution in [2.75, 3.05) is 31.1 Å². The normalized spacial score (nSPS) is 16.1. The van der Waals surface area contributed by atoms with Gasteiger partial charge in [0, 0.05) is 38.6 Å². The zero-order chi connectivity index (χ0) is 14.7. The topological polar surface area (TPSA) is 82.7 Å². The molecule has 1 aliphatic heterocycles. The van der Waals surface area contributed by atoms with E-state index in [1.165, 1.54) is 12.3 Å². The van der Waals surface area contributed by atoms with Gasteiger partial charge in [0.05, 0.1) is 12.8 Å². The molecule has 1 aliphatic rings. The van der Waals surface area contributed by atoms with Gasteiger partial charge in [-0.25, -0.2) is 14.8 Å². The Morgan fingerprint density at radius 1 is 1.24 bits per heavy atom. The quantitative estimate of drug-likeness (QED) is 0.901. The average Bonchev–Trinajstić information content (AvgIpc) is 2.97. The number of aromatic carboxylic acids is 1. The molecule has 1 fully saturated rings. The predicted molar refractivity (Wildman–Crippen MR) is 75.2 cm³/mol. The fraction of sp³-hybridized carbons (Fsp3) is 0.357. The van der Waals surface area contributed by atoms with Crippen molar-refractivity contribution in [2.45, 2.75) is 6.54 Å². The molecule has 110 valence electrons. The van der Waals surface area contributed by atoms with Crippen LogP contribution in [0.1, 0.15) is 16.1 Å². The number of piperazine rings is 1. The van der Waals surface area contributed by atoms with Crippen LogP contribution in [-0.4, -0.2) is 52.1 Å². The van der Waals surface area contributed by atoms with E-state index < -0.39 is 5.97 Å². The van der Waals surface area contributed by atoms with E-state index >= 15 is 0 Å². The first-order valence-corrected chi connectivity index (χ1v) is 6.78. The molecule has 7 nitrogen and oxygen atoms in total. The van der Waals surface area contributed by atoms with Crippen molar-refractivity contribution in [1.82, 2.24) is 14.9 Å². The third kappa shape index (κ3) is 3.03. The van der Waals surface area contributed by atoms with E-state index in [4.69, 9.17) is 9.52 Å². The molecule has 1 N–H and O–H groups in total. The Balaban J connectivity index is 1.59. The number of aromatic nitrogens is 2. The zero-order valence-corrected chi connectivity index (χ0v) is 11.5. The Labute approximate surface area is 121 Å². The summed E-state index contributed by atoms with van der Waals surface area (Å²) in [4.78, 5) is 23.8. The molecule has 0 atom stereocenters. The summed E-state index contributed by atoms with van der Waals surface area (Å²) < 4.78 is 5.28. The van der Waals surface area contributed by atoms with Gasteiger partial charge in [-0.2, -0.15) is 0 Å². The molecule has 3 heterocycles. The monoisotopic (exact) mass is 288 g/mol. The van der Waals surface area contributed by atoms with E-state index in [1.54, 1.807) is 18.5 Å². The Hall–Kier alpha value is -2.41. The van der Waals surface area contributed by atoms with E-state index in [-0.39, 0.29) is 5.56 Å². The lowest BCUT2D eigenvalue weighted by Gasteiger charge is -2.34.